The molecule has 2 unspecified atom stereocenters. The summed E-state index contributed by atoms with van der Waals surface area (Å²) in [5, 5.41) is 17.5. The smallest absolute Gasteiger partial charge is 0.243 e. The van der Waals surface area contributed by atoms with Crippen LogP contribution in [0.3, 0.4) is 0 Å². The lowest BCUT2D eigenvalue weighted by Gasteiger charge is -2.21. The number of rotatable bonds is 0. The minimum absolute atomic E-state index is 0.114. The van der Waals surface area contributed by atoms with Crippen molar-refractivity contribution in [3.8, 4) is 6.07 Å². The number of benzene rings is 1. The molecule has 3 N–H and O–H groups in total. The Morgan fingerprint density at radius 3 is 2.36 bits per heavy atom. The van der Waals surface area contributed by atoms with Gasteiger partial charge in [-0.25, -0.2) is 0 Å². The molecular formula is C24H31N5O4. The number of anilines is 1. The van der Waals surface area contributed by atoms with Crippen LogP contribution >= 0.6 is 0 Å². The predicted octanol–water partition coefficient (Wildman–Crippen LogP) is 1.49. The fourth-order valence-electron chi connectivity index (χ4n) is 4.19. The van der Waals surface area contributed by atoms with Gasteiger partial charge in [0.2, 0.25) is 23.6 Å². The first-order chi connectivity index (χ1) is 15.9. The number of aryl methyl sites for hydroxylation is 1. The van der Waals surface area contributed by atoms with Crippen LogP contribution in [-0.4, -0.2) is 53.7 Å². The average molecular weight is 454 g/mol. The van der Waals surface area contributed by atoms with Crippen LogP contribution in [0.25, 0.3) is 0 Å². The van der Waals surface area contributed by atoms with E-state index in [1.54, 1.807) is 6.92 Å². The number of amides is 4. The molecule has 1 saturated heterocycles. The van der Waals surface area contributed by atoms with Gasteiger partial charge in [0.15, 0.2) is 0 Å². The lowest BCUT2D eigenvalue weighted by Crippen LogP contribution is -2.48. The minimum atomic E-state index is -0.769. The third-order valence-corrected chi connectivity index (χ3v) is 6.17. The summed E-state index contributed by atoms with van der Waals surface area (Å²) in [7, 11) is 0. The first-order valence-corrected chi connectivity index (χ1v) is 11.5. The van der Waals surface area contributed by atoms with Crippen molar-refractivity contribution in [3.05, 3.63) is 29.8 Å². The molecule has 0 radical (unpaired) electrons. The second-order valence-electron chi connectivity index (χ2n) is 8.73. The Balaban J connectivity index is 1.70. The number of nitrogens with one attached hydrogen (secondary N) is 3. The molecule has 1 aromatic rings. The van der Waals surface area contributed by atoms with E-state index >= 15 is 0 Å². The summed E-state index contributed by atoms with van der Waals surface area (Å²) in [6.45, 7) is 1.38. The van der Waals surface area contributed by atoms with Gasteiger partial charge in [-0.05, 0) is 50.3 Å². The third-order valence-electron chi connectivity index (χ3n) is 6.17. The molecule has 3 aliphatic heterocycles. The largest absolute Gasteiger partial charge is 0.345 e. The van der Waals surface area contributed by atoms with Crippen LogP contribution in [0.5, 0.6) is 0 Å². The number of carbonyl (C=O) groups excluding carboxylic acids is 4. The highest BCUT2D eigenvalue weighted by Crippen LogP contribution is 2.25. The minimum Gasteiger partial charge on any atom is -0.345 e. The third kappa shape index (κ3) is 6.78. The maximum atomic E-state index is 12.7. The van der Waals surface area contributed by atoms with E-state index in [4.69, 9.17) is 0 Å². The molecule has 0 aromatic heterocycles. The van der Waals surface area contributed by atoms with Crippen LogP contribution in [-0.2, 0) is 25.6 Å². The van der Waals surface area contributed by atoms with Crippen molar-refractivity contribution in [2.45, 2.75) is 64.0 Å². The fraction of sp³-hybridized carbons (Fsp3) is 0.542. The van der Waals surface area contributed by atoms with Crippen molar-refractivity contribution in [1.29, 1.82) is 5.26 Å². The number of hydrogen-bond acceptors (Lipinski definition) is 5. The molecule has 33 heavy (non-hydrogen) atoms. The average Bonchev–Trinajstić information content (AvgIpc) is 3.24. The molecule has 0 saturated carbocycles. The van der Waals surface area contributed by atoms with Crippen molar-refractivity contribution >= 4 is 29.3 Å². The van der Waals surface area contributed by atoms with E-state index in [-0.39, 0.29) is 31.3 Å². The number of fused-ring (bicyclic) bond motifs is 15. The molecular weight excluding hydrogens is 422 g/mol. The second kappa shape index (κ2) is 11.5. The van der Waals surface area contributed by atoms with Gasteiger partial charge in [0.1, 0.15) is 12.1 Å². The molecule has 176 valence electrons. The maximum absolute atomic E-state index is 12.7. The van der Waals surface area contributed by atoms with Crippen LogP contribution in [0.2, 0.25) is 0 Å². The van der Waals surface area contributed by atoms with E-state index in [0.29, 0.717) is 12.1 Å². The summed E-state index contributed by atoms with van der Waals surface area (Å²) in [5.74, 6) is -1.84. The van der Waals surface area contributed by atoms with Gasteiger partial charge < -0.3 is 20.9 Å². The lowest BCUT2D eigenvalue weighted by atomic mass is 10.0. The number of nitrogens with zero attached hydrogens (tertiary/aromatic N) is 2. The van der Waals surface area contributed by atoms with Crippen molar-refractivity contribution in [2.24, 2.45) is 5.92 Å². The molecule has 3 atom stereocenters. The molecule has 4 rings (SSSR count). The zero-order chi connectivity index (χ0) is 23.8. The second-order valence-corrected chi connectivity index (χ2v) is 8.73. The van der Waals surface area contributed by atoms with Gasteiger partial charge in [-0.3, -0.25) is 19.2 Å². The van der Waals surface area contributed by atoms with E-state index in [0.717, 1.165) is 32.1 Å². The summed E-state index contributed by atoms with van der Waals surface area (Å²) in [5.41, 5.74) is 1.85. The molecule has 0 spiro atoms. The summed E-state index contributed by atoms with van der Waals surface area (Å²) in [6, 6.07) is 8.28. The molecule has 4 amide bonds. The van der Waals surface area contributed by atoms with Gasteiger partial charge in [0, 0.05) is 18.7 Å². The summed E-state index contributed by atoms with van der Waals surface area (Å²) < 4.78 is 0. The highest BCUT2D eigenvalue weighted by atomic mass is 16.2. The standard InChI is InChI=1S/C24H31N5O4/c1-16-23(32)26-14-22(31)29-15-18(12-20(29)13-25)24(33)28-19-10-8-17(9-11-19)6-4-2-3-5-7-21(30)27-16/h8-11,16,18,20H,2-7,12,14-15H2,1H3,(H,26,32)(H,27,30)(H,28,33)/t16-,18?,20?/m0/s1. The quantitative estimate of drug-likeness (QED) is 0.548. The highest BCUT2D eigenvalue weighted by Gasteiger charge is 2.38. The maximum Gasteiger partial charge on any atom is 0.243 e. The fourth-order valence-corrected chi connectivity index (χ4v) is 4.19. The molecule has 1 aromatic carbocycles. The normalized spacial score (nSPS) is 25.8. The van der Waals surface area contributed by atoms with E-state index in [1.165, 1.54) is 10.5 Å². The molecule has 9 heteroatoms. The summed E-state index contributed by atoms with van der Waals surface area (Å²) in [6.07, 6.45) is 5.19. The molecule has 9 nitrogen and oxygen atoms in total. The van der Waals surface area contributed by atoms with Gasteiger partial charge in [-0.2, -0.15) is 5.26 Å². The predicted molar refractivity (Wildman–Crippen MR) is 122 cm³/mol. The van der Waals surface area contributed by atoms with Gasteiger partial charge >= 0.3 is 0 Å². The highest BCUT2D eigenvalue weighted by molar-refractivity contribution is 5.94. The van der Waals surface area contributed by atoms with E-state index in [2.05, 4.69) is 22.0 Å². The first-order valence-electron chi connectivity index (χ1n) is 11.5. The Morgan fingerprint density at radius 2 is 1.67 bits per heavy atom. The summed E-state index contributed by atoms with van der Waals surface area (Å²) in [4.78, 5) is 51.1. The van der Waals surface area contributed by atoms with Gasteiger partial charge in [-0.15, -0.1) is 0 Å². The number of hydrogen-bond donors (Lipinski definition) is 3. The Hall–Kier alpha value is -3.41. The Bertz CT molecular complexity index is 924. The molecule has 3 heterocycles. The monoisotopic (exact) mass is 453 g/mol. The van der Waals surface area contributed by atoms with Crippen LogP contribution in [0.1, 0.15) is 51.0 Å². The van der Waals surface area contributed by atoms with Crippen molar-refractivity contribution in [3.63, 3.8) is 0 Å². The van der Waals surface area contributed by atoms with Crippen LogP contribution in [0.15, 0.2) is 24.3 Å². The van der Waals surface area contributed by atoms with Gasteiger partial charge in [-0.1, -0.05) is 25.0 Å². The topological polar surface area (TPSA) is 131 Å². The van der Waals surface area contributed by atoms with E-state index in [9.17, 15) is 24.4 Å². The van der Waals surface area contributed by atoms with Crippen molar-refractivity contribution in [1.82, 2.24) is 15.5 Å². The molecule has 3 aliphatic rings. The van der Waals surface area contributed by atoms with E-state index in [1.807, 2.05) is 24.3 Å². The molecule has 0 aliphatic carbocycles. The van der Waals surface area contributed by atoms with Crippen LogP contribution < -0.4 is 16.0 Å². The zero-order valence-electron chi connectivity index (χ0n) is 18.9. The lowest BCUT2D eigenvalue weighted by molar-refractivity contribution is -0.134. The Kier molecular flexibility index (Phi) is 8.41. The van der Waals surface area contributed by atoms with Gasteiger partial charge in [0.25, 0.3) is 0 Å². The van der Waals surface area contributed by atoms with Gasteiger partial charge in [0.05, 0.1) is 18.5 Å². The molecule has 1 fully saturated rings. The number of nitriles is 1. The SMILES string of the molecule is C[C@@H]1NC(=O)CCCCCCc2ccc(cc2)NC(=O)C2CC(C#N)N(C2)C(=O)CNC1=O. The summed E-state index contributed by atoms with van der Waals surface area (Å²) >= 11 is 0. The number of carbonyl (C=O) groups is 4. The first kappa shape index (κ1) is 24.2. The molecule has 4 bridgehead atoms. The van der Waals surface area contributed by atoms with E-state index < -0.39 is 29.8 Å². The van der Waals surface area contributed by atoms with Crippen molar-refractivity contribution < 1.29 is 19.2 Å². The zero-order valence-corrected chi connectivity index (χ0v) is 18.9. The Morgan fingerprint density at radius 1 is 0.970 bits per heavy atom. The Labute approximate surface area is 193 Å². The van der Waals surface area contributed by atoms with Crippen LogP contribution in [0.4, 0.5) is 5.69 Å². The van der Waals surface area contributed by atoms with Crippen LogP contribution in [0, 0.1) is 17.2 Å². The van der Waals surface area contributed by atoms with Crippen molar-refractivity contribution in [2.75, 3.05) is 18.4 Å².